The summed E-state index contributed by atoms with van der Waals surface area (Å²) < 4.78 is 80.9. The Balaban J connectivity index is 1.80. The molecule has 0 unspecified atom stereocenters. The number of likely N-dealkylation sites (N-methyl/N-ethyl adjacent to an activating group) is 1. The van der Waals surface area contributed by atoms with E-state index in [0.29, 0.717) is 17.7 Å². The topological polar surface area (TPSA) is 78.5 Å². The number of carbonyl (C=O) groups excluding carboxylic acids is 3. The molecule has 6 nitrogen and oxygen atoms in total. The number of rotatable bonds is 5. The molecule has 2 aliphatic carbocycles. The molecule has 3 fully saturated rings. The van der Waals surface area contributed by atoms with Crippen molar-refractivity contribution in [2.24, 2.45) is 11.3 Å². The zero-order valence-electron chi connectivity index (χ0n) is 15.5. The van der Waals surface area contributed by atoms with E-state index in [2.05, 4.69) is 10.6 Å². The number of likely N-dealkylation sites (tertiary alicyclic amines) is 1. The number of carbonyl (C=O) groups is 3. The van der Waals surface area contributed by atoms with Crippen LogP contribution in [0.2, 0.25) is 0 Å². The van der Waals surface area contributed by atoms with E-state index in [9.17, 15) is 40.7 Å². The first-order chi connectivity index (χ1) is 13.3. The molecule has 0 aromatic heterocycles. The lowest BCUT2D eigenvalue weighted by Crippen LogP contribution is -2.65. The molecule has 0 aromatic carbocycles. The lowest BCUT2D eigenvalue weighted by molar-refractivity contribution is -0.299. The highest BCUT2D eigenvalue weighted by atomic mass is 19.4. The van der Waals surface area contributed by atoms with Gasteiger partial charge in [-0.05, 0) is 18.8 Å². The number of amides is 3. The highest BCUT2D eigenvalue weighted by Gasteiger charge is 2.75. The zero-order chi connectivity index (χ0) is 21.8. The number of nitrogens with zero attached hydrogens (tertiary/aromatic N) is 1. The van der Waals surface area contributed by atoms with Crippen LogP contribution in [0.15, 0.2) is 0 Å². The van der Waals surface area contributed by atoms with Gasteiger partial charge in [0, 0.05) is 26.3 Å². The first kappa shape index (κ1) is 21.7. The molecular weight excluding hydrogens is 408 g/mol. The summed E-state index contributed by atoms with van der Waals surface area (Å²) in [6, 6.07) is -2.55. The maximum atomic E-state index is 14.0. The molecule has 0 spiro atoms. The number of halogens is 6. The van der Waals surface area contributed by atoms with Gasteiger partial charge in [-0.15, -0.1) is 0 Å². The molecular formula is C17H21F6N3O3. The number of nitrogens with one attached hydrogen (secondary N) is 2. The molecule has 1 heterocycles. The number of hydrogen-bond donors (Lipinski definition) is 2. The summed E-state index contributed by atoms with van der Waals surface area (Å²) in [5, 5.41) is 4.73. The van der Waals surface area contributed by atoms with E-state index in [1.807, 2.05) is 0 Å². The van der Waals surface area contributed by atoms with E-state index < -0.39 is 79.3 Å². The van der Waals surface area contributed by atoms with E-state index in [4.69, 9.17) is 0 Å². The van der Waals surface area contributed by atoms with Crippen LogP contribution in [0, 0.1) is 11.3 Å². The fraction of sp³-hybridized carbons (Fsp3) is 0.824. The van der Waals surface area contributed by atoms with Gasteiger partial charge < -0.3 is 15.5 Å². The minimum atomic E-state index is -5.26. The van der Waals surface area contributed by atoms with Crippen LogP contribution in [0.4, 0.5) is 26.3 Å². The maximum absolute atomic E-state index is 14.0. The van der Waals surface area contributed by atoms with Gasteiger partial charge in [0.2, 0.25) is 17.7 Å². The molecule has 29 heavy (non-hydrogen) atoms. The molecule has 3 rings (SSSR count). The average Bonchev–Trinajstić information content (AvgIpc) is 3.35. The van der Waals surface area contributed by atoms with Crippen molar-refractivity contribution < 1.29 is 40.7 Å². The van der Waals surface area contributed by atoms with Crippen LogP contribution in [-0.4, -0.2) is 66.6 Å². The highest BCUT2D eigenvalue weighted by molar-refractivity contribution is 5.94. The van der Waals surface area contributed by atoms with Crippen molar-refractivity contribution in [1.82, 2.24) is 15.5 Å². The van der Waals surface area contributed by atoms with Crippen LogP contribution in [0.1, 0.15) is 32.1 Å². The van der Waals surface area contributed by atoms with Gasteiger partial charge >= 0.3 is 6.18 Å². The molecule has 1 saturated heterocycles. The smallest absolute Gasteiger partial charge is 0.357 e. The molecule has 1 aliphatic heterocycles. The largest absolute Gasteiger partial charge is 0.403 e. The van der Waals surface area contributed by atoms with Crippen LogP contribution in [0.5, 0.6) is 0 Å². The summed E-state index contributed by atoms with van der Waals surface area (Å²) in [6.07, 6.45) is -9.75. The van der Waals surface area contributed by atoms with Crippen LogP contribution in [0.25, 0.3) is 0 Å². The first-order valence-corrected chi connectivity index (χ1v) is 9.23. The van der Waals surface area contributed by atoms with Gasteiger partial charge in [-0.3, -0.25) is 14.4 Å². The number of hydrogen-bond acceptors (Lipinski definition) is 3. The molecule has 2 N–H and O–H groups in total. The van der Waals surface area contributed by atoms with Gasteiger partial charge in [0.25, 0.3) is 5.92 Å². The minimum Gasteiger partial charge on any atom is -0.357 e. The molecule has 3 amide bonds. The van der Waals surface area contributed by atoms with E-state index in [-0.39, 0.29) is 5.92 Å². The van der Waals surface area contributed by atoms with Crippen molar-refractivity contribution in [2.75, 3.05) is 13.6 Å². The fourth-order valence-corrected chi connectivity index (χ4v) is 4.07. The van der Waals surface area contributed by atoms with Gasteiger partial charge in [0.15, 0.2) is 5.41 Å². The third-order valence-corrected chi connectivity index (χ3v) is 5.81. The van der Waals surface area contributed by atoms with E-state index in [1.165, 1.54) is 7.05 Å². The van der Waals surface area contributed by atoms with Gasteiger partial charge in [-0.1, -0.05) is 0 Å². The Kier molecular flexibility index (Phi) is 5.27. The van der Waals surface area contributed by atoms with Crippen LogP contribution in [-0.2, 0) is 14.4 Å². The third-order valence-electron chi connectivity index (χ3n) is 5.81. The van der Waals surface area contributed by atoms with Crippen molar-refractivity contribution in [1.29, 1.82) is 0 Å². The second-order valence-corrected chi connectivity index (χ2v) is 8.03. The lowest BCUT2D eigenvalue weighted by atomic mass is 9.64. The zero-order valence-corrected chi connectivity index (χ0v) is 15.5. The lowest BCUT2D eigenvalue weighted by Gasteiger charge is -2.48. The van der Waals surface area contributed by atoms with Crippen molar-refractivity contribution >= 4 is 17.7 Å². The Morgan fingerprint density at radius 3 is 2.17 bits per heavy atom. The van der Waals surface area contributed by atoms with Gasteiger partial charge in [0.05, 0.1) is 6.54 Å². The molecule has 3 atom stereocenters. The Labute approximate surface area is 162 Å². The Hall–Kier alpha value is -2.01. The van der Waals surface area contributed by atoms with Gasteiger partial charge in [-0.2, -0.15) is 13.2 Å². The standard InChI is InChI=1S/C17H21F6N3O3/c1-24-13(28)11(8-2-3-8)25-12(27)10-4-9(18)5-26(10)14(29)15(17(21,22)23)6-16(19,20)7-15/h8-11H,2-7H2,1H3,(H,24,28)(H,25,27)/t9-,10+,11+/m1/s1. The summed E-state index contributed by atoms with van der Waals surface area (Å²) in [4.78, 5) is 37.5. The van der Waals surface area contributed by atoms with Crippen molar-refractivity contribution in [2.45, 2.75) is 62.5 Å². The van der Waals surface area contributed by atoms with E-state index in [1.54, 1.807) is 0 Å². The second kappa shape index (κ2) is 7.05. The predicted octanol–water partition coefficient (Wildman–Crippen LogP) is 1.54. The monoisotopic (exact) mass is 429 g/mol. The predicted molar refractivity (Wildman–Crippen MR) is 86.4 cm³/mol. The fourth-order valence-electron chi connectivity index (χ4n) is 4.07. The van der Waals surface area contributed by atoms with Crippen LogP contribution in [0.3, 0.4) is 0 Å². The SMILES string of the molecule is CNC(=O)[C@@H](NC(=O)[C@@H]1C[C@@H](F)CN1C(=O)C1(C(F)(F)F)CC(F)(F)C1)C1CC1. The van der Waals surface area contributed by atoms with Gasteiger partial charge in [-0.25, -0.2) is 13.2 Å². The van der Waals surface area contributed by atoms with Crippen LogP contribution >= 0.6 is 0 Å². The molecule has 0 aromatic rings. The van der Waals surface area contributed by atoms with Crippen molar-refractivity contribution in [3.63, 3.8) is 0 Å². The molecule has 0 radical (unpaired) electrons. The Morgan fingerprint density at radius 1 is 1.14 bits per heavy atom. The van der Waals surface area contributed by atoms with Crippen molar-refractivity contribution in [3.8, 4) is 0 Å². The third kappa shape index (κ3) is 3.89. The van der Waals surface area contributed by atoms with E-state index >= 15 is 0 Å². The van der Waals surface area contributed by atoms with Crippen molar-refractivity contribution in [3.05, 3.63) is 0 Å². The summed E-state index contributed by atoms with van der Waals surface area (Å²) in [6.45, 7) is -0.797. The summed E-state index contributed by atoms with van der Waals surface area (Å²) in [5.74, 6) is -7.02. The molecule has 2 saturated carbocycles. The first-order valence-electron chi connectivity index (χ1n) is 9.23. The minimum absolute atomic E-state index is 0.155. The molecule has 0 bridgehead atoms. The highest BCUT2D eigenvalue weighted by Crippen LogP contribution is 2.61. The molecule has 3 aliphatic rings. The quantitative estimate of drug-likeness (QED) is 0.651. The van der Waals surface area contributed by atoms with Gasteiger partial charge in [0.1, 0.15) is 18.3 Å². The summed E-state index contributed by atoms with van der Waals surface area (Å²) >= 11 is 0. The Bertz CT molecular complexity index is 701. The molecule has 164 valence electrons. The normalized spacial score (nSPS) is 29.0. The average molecular weight is 429 g/mol. The Morgan fingerprint density at radius 2 is 1.72 bits per heavy atom. The summed E-state index contributed by atoms with van der Waals surface area (Å²) in [5.41, 5.74) is -3.34. The van der Waals surface area contributed by atoms with Crippen LogP contribution < -0.4 is 10.6 Å². The van der Waals surface area contributed by atoms with E-state index in [0.717, 1.165) is 0 Å². The second-order valence-electron chi connectivity index (χ2n) is 8.03. The maximum Gasteiger partial charge on any atom is 0.403 e. The number of alkyl halides is 6. The summed E-state index contributed by atoms with van der Waals surface area (Å²) in [7, 11) is 1.34. The molecule has 12 heteroatoms.